The van der Waals surface area contributed by atoms with Crippen LogP contribution in [-0.2, 0) is 21.6 Å². The number of carbonyl (C=O) groups is 2. The van der Waals surface area contributed by atoms with E-state index in [4.69, 9.17) is 0 Å². The zero-order chi connectivity index (χ0) is 18.2. The molecular formula is C15H16N4O5S. The van der Waals surface area contributed by atoms with Crippen molar-refractivity contribution < 1.29 is 22.7 Å². The number of aromatic nitrogens is 3. The maximum atomic E-state index is 12.6. The molecule has 1 saturated heterocycles. The van der Waals surface area contributed by atoms with Gasteiger partial charge in [-0.05, 0) is 12.1 Å². The lowest BCUT2D eigenvalue weighted by atomic mass is 10.0. The minimum atomic E-state index is -3.67. The van der Waals surface area contributed by atoms with Crippen LogP contribution in [0.4, 0.5) is 0 Å². The molecule has 0 bridgehead atoms. The number of hydrogen-bond acceptors (Lipinski definition) is 7. The van der Waals surface area contributed by atoms with Gasteiger partial charge in [-0.25, -0.2) is 13.2 Å². The zero-order valence-corrected chi connectivity index (χ0v) is 14.4. The van der Waals surface area contributed by atoms with Crippen LogP contribution in [-0.4, -0.2) is 65.4 Å². The minimum absolute atomic E-state index is 0.0313. The van der Waals surface area contributed by atoms with Crippen LogP contribution in [0, 0.1) is 0 Å². The van der Waals surface area contributed by atoms with Crippen LogP contribution >= 0.6 is 0 Å². The number of nitrogens with zero attached hydrogens (tertiary/aromatic N) is 4. The monoisotopic (exact) mass is 364 g/mol. The maximum absolute atomic E-state index is 12.6. The molecule has 0 spiro atoms. The number of hydrogen-bond donors (Lipinski definition) is 0. The van der Waals surface area contributed by atoms with Crippen molar-refractivity contribution in [1.82, 2.24) is 19.7 Å². The Morgan fingerprint density at radius 1 is 1.20 bits per heavy atom. The molecule has 2 aromatic rings. The average Bonchev–Trinajstić information content (AvgIpc) is 2.99. The second-order valence-corrected chi connectivity index (χ2v) is 7.76. The number of rotatable bonds is 4. The lowest BCUT2D eigenvalue weighted by Crippen LogP contribution is -2.57. The molecule has 1 aromatic heterocycles. The topological polar surface area (TPSA) is 111 Å². The Kier molecular flexibility index (Phi) is 4.29. The molecule has 25 heavy (non-hydrogen) atoms. The van der Waals surface area contributed by atoms with E-state index in [1.54, 1.807) is 19.2 Å². The quantitative estimate of drug-likeness (QED) is 0.696. The summed E-state index contributed by atoms with van der Waals surface area (Å²) in [5, 5.41) is 6.33. The van der Waals surface area contributed by atoms with Gasteiger partial charge in [-0.2, -0.15) is 0 Å². The Morgan fingerprint density at radius 2 is 1.84 bits per heavy atom. The largest absolute Gasteiger partial charge is 0.465 e. The summed E-state index contributed by atoms with van der Waals surface area (Å²) in [7, 11) is -0.890. The van der Waals surface area contributed by atoms with Crippen LogP contribution in [0.5, 0.6) is 0 Å². The summed E-state index contributed by atoms with van der Waals surface area (Å²) >= 11 is 0. The Morgan fingerprint density at radius 3 is 2.40 bits per heavy atom. The number of aryl methyl sites for hydroxylation is 1. The Hall–Kier alpha value is -2.75. The van der Waals surface area contributed by atoms with E-state index in [-0.39, 0.29) is 29.4 Å². The highest BCUT2D eigenvalue weighted by Crippen LogP contribution is 2.24. The van der Waals surface area contributed by atoms with Crippen LogP contribution < -0.4 is 0 Å². The van der Waals surface area contributed by atoms with E-state index in [0.717, 1.165) is 0 Å². The van der Waals surface area contributed by atoms with E-state index in [0.29, 0.717) is 0 Å². The van der Waals surface area contributed by atoms with Crippen molar-refractivity contribution in [3.05, 3.63) is 41.7 Å². The van der Waals surface area contributed by atoms with Crippen LogP contribution in [0.1, 0.15) is 20.7 Å². The SMILES string of the molecule is COC(=O)c1ccccc1C(=O)N1CC(S(=O)(=O)c2nncn2C)C1. The standard InChI is InChI=1S/C15H16N4O5S/c1-18-9-16-17-15(18)25(22,23)10-7-19(8-10)13(20)11-5-3-4-6-12(11)14(21)24-2/h3-6,9-10H,7-8H2,1-2H3. The molecule has 1 aromatic carbocycles. The lowest BCUT2D eigenvalue weighted by Gasteiger charge is -2.38. The molecule has 3 rings (SSSR count). The first-order valence-electron chi connectivity index (χ1n) is 7.40. The summed E-state index contributed by atoms with van der Waals surface area (Å²) in [6.07, 6.45) is 1.31. The summed E-state index contributed by atoms with van der Waals surface area (Å²) in [5.74, 6) is -1.03. The molecule has 2 heterocycles. The van der Waals surface area contributed by atoms with E-state index in [1.807, 2.05) is 0 Å². The van der Waals surface area contributed by atoms with Gasteiger partial charge in [0.25, 0.3) is 5.91 Å². The Balaban J connectivity index is 1.77. The molecule has 0 aliphatic carbocycles. The third kappa shape index (κ3) is 2.88. The van der Waals surface area contributed by atoms with E-state index < -0.39 is 27.0 Å². The number of methoxy groups -OCH3 is 1. The van der Waals surface area contributed by atoms with Crippen molar-refractivity contribution in [1.29, 1.82) is 0 Å². The highest BCUT2D eigenvalue weighted by molar-refractivity contribution is 7.92. The fourth-order valence-electron chi connectivity index (χ4n) is 2.61. The van der Waals surface area contributed by atoms with Gasteiger partial charge in [-0.3, -0.25) is 4.79 Å². The van der Waals surface area contributed by atoms with Gasteiger partial charge >= 0.3 is 5.97 Å². The molecular weight excluding hydrogens is 348 g/mol. The third-order valence-electron chi connectivity index (χ3n) is 4.06. The number of ether oxygens (including phenoxy) is 1. The van der Waals surface area contributed by atoms with Crippen molar-refractivity contribution >= 4 is 21.7 Å². The maximum Gasteiger partial charge on any atom is 0.338 e. The molecule has 1 aliphatic rings. The lowest BCUT2D eigenvalue weighted by molar-refractivity contribution is 0.0577. The van der Waals surface area contributed by atoms with Crippen molar-refractivity contribution in [3.8, 4) is 0 Å². The molecule has 132 valence electrons. The molecule has 1 fully saturated rings. The highest BCUT2D eigenvalue weighted by Gasteiger charge is 2.43. The van der Waals surface area contributed by atoms with E-state index >= 15 is 0 Å². The second-order valence-electron chi connectivity index (χ2n) is 5.64. The van der Waals surface area contributed by atoms with Crippen molar-refractivity contribution in [2.75, 3.05) is 20.2 Å². The Labute approximate surface area is 144 Å². The number of carbonyl (C=O) groups excluding carboxylic acids is 2. The highest BCUT2D eigenvalue weighted by atomic mass is 32.2. The van der Waals surface area contributed by atoms with E-state index in [2.05, 4.69) is 14.9 Å². The molecule has 10 heteroatoms. The van der Waals surface area contributed by atoms with Crippen molar-refractivity contribution in [3.63, 3.8) is 0 Å². The molecule has 1 aliphatic heterocycles. The van der Waals surface area contributed by atoms with Crippen LogP contribution in [0.25, 0.3) is 0 Å². The summed E-state index contributed by atoms with van der Waals surface area (Å²) in [6, 6.07) is 6.26. The van der Waals surface area contributed by atoms with E-state index in [1.165, 1.54) is 35.0 Å². The normalized spacial score (nSPS) is 14.9. The number of amides is 1. The number of benzene rings is 1. The van der Waals surface area contributed by atoms with Crippen LogP contribution in [0.3, 0.4) is 0 Å². The molecule has 9 nitrogen and oxygen atoms in total. The minimum Gasteiger partial charge on any atom is -0.465 e. The molecule has 1 amide bonds. The molecule has 0 unspecified atom stereocenters. The van der Waals surface area contributed by atoms with Gasteiger partial charge in [0.15, 0.2) is 0 Å². The first-order valence-corrected chi connectivity index (χ1v) is 8.95. The van der Waals surface area contributed by atoms with Crippen molar-refractivity contribution in [2.24, 2.45) is 7.05 Å². The number of sulfone groups is 1. The zero-order valence-electron chi connectivity index (χ0n) is 13.6. The third-order valence-corrected chi connectivity index (χ3v) is 6.12. The van der Waals surface area contributed by atoms with Gasteiger partial charge in [-0.15, -0.1) is 10.2 Å². The molecule has 0 saturated carbocycles. The van der Waals surface area contributed by atoms with Gasteiger partial charge in [0.05, 0.1) is 18.2 Å². The molecule has 0 radical (unpaired) electrons. The predicted molar refractivity (Wildman–Crippen MR) is 85.7 cm³/mol. The first-order chi connectivity index (χ1) is 11.9. The summed E-state index contributed by atoms with van der Waals surface area (Å²) in [4.78, 5) is 25.7. The number of esters is 1. The van der Waals surface area contributed by atoms with Gasteiger partial charge in [0, 0.05) is 20.1 Å². The van der Waals surface area contributed by atoms with Crippen molar-refractivity contribution in [2.45, 2.75) is 10.4 Å². The summed E-state index contributed by atoms with van der Waals surface area (Å²) in [6.45, 7) is 0.0626. The van der Waals surface area contributed by atoms with Gasteiger partial charge < -0.3 is 14.2 Å². The average molecular weight is 364 g/mol. The van der Waals surface area contributed by atoms with Crippen LogP contribution in [0.2, 0.25) is 0 Å². The van der Waals surface area contributed by atoms with Crippen LogP contribution in [0.15, 0.2) is 35.7 Å². The van der Waals surface area contributed by atoms with E-state index in [9.17, 15) is 18.0 Å². The molecule has 0 atom stereocenters. The van der Waals surface area contributed by atoms with Gasteiger partial charge in [-0.1, -0.05) is 12.1 Å². The Bertz CT molecular complexity index is 931. The first kappa shape index (κ1) is 17.1. The summed E-state index contributed by atoms with van der Waals surface area (Å²) in [5.41, 5.74) is 0.332. The fraction of sp³-hybridized carbons (Fsp3) is 0.333. The fourth-order valence-corrected chi connectivity index (χ4v) is 4.27. The van der Waals surface area contributed by atoms with Gasteiger partial charge in [0.2, 0.25) is 15.0 Å². The van der Waals surface area contributed by atoms with Gasteiger partial charge in [0.1, 0.15) is 11.6 Å². The number of likely N-dealkylation sites (tertiary alicyclic amines) is 1. The second kappa shape index (κ2) is 6.28. The predicted octanol–water partition coefficient (Wildman–Crippen LogP) is -0.100. The summed E-state index contributed by atoms with van der Waals surface area (Å²) < 4.78 is 31.0. The smallest absolute Gasteiger partial charge is 0.338 e. The molecule has 0 N–H and O–H groups in total.